The first-order valence-corrected chi connectivity index (χ1v) is 8.39. The molecule has 1 aromatic carbocycles. The Bertz CT molecular complexity index is 829. The lowest BCUT2D eigenvalue weighted by atomic mass is 10.0. The van der Waals surface area contributed by atoms with Crippen molar-refractivity contribution in [2.45, 2.75) is 39.5 Å². The van der Waals surface area contributed by atoms with Gasteiger partial charge in [-0.3, -0.25) is 4.90 Å². The number of nitrogen functional groups attached to an aromatic ring is 1. The van der Waals surface area contributed by atoms with Gasteiger partial charge in [0.05, 0.1) is 24.4 Å². The van der Waals surface area contributed by atoms with Crippen molar-refractivity contribution >= 4 is 18.0 Å². The van der Waals surface area contributed by atoms with E-state index >= 15 is 0 Å². The zero-order valence-electron chi connectivity index (χ0n) is 15.1. The molecule has 8 nitrogen and oxygen atoms in total. The molecule has 0 fully saturated rings. The molecular weight excluding hydrogens is 336 g/mol. The number of carbonyl (C=O) groups excluding carboxylic acids is 2. The van der Waals surface area contributed by atoms with Crippen LogP contribution >= 0.6 is 0 Å². The number of amides is 1. The number of hydrogen-bond acceptors (Lipinski definition) is 6. The lowest BCUT2D eigenvalue weighted by Gasteiger charge is -2.31. The normalized spacial score (nSPS) is 14.8. The molecular formula is C18H22N4O4. The summed E-state index contributed by atoms with van der Waals surface area (Å²) >= 11 is 0. The second-order valence-corrected chi connectivity index (χ2v) is 6.51. The summed E-state index contributed by atoms with van der Waals surface area (Å²) in [6, 6.07) is 9.43. The number of ether oxygens (including phenoxy) is 2. The Kier molecular flexibility index (Phi) is 4.58. The van der Waals surface area contributed by atoms with Gasteiger partial charge >= 0.3 is 12.2 Å². The van der Waals surface area contributed by atoms with Crippen LogP contribution in [0, 0.1) is 0 Å². The van der Waals surface area contributed by atoms with Crippen molar-refractivity contribution in [3.8, 4) is 0 Å². The molecule has 0 saturated heterocycles. The highest BCUT2D eigenvalue weighted by atomic mass is 16.6. The van der Waals surface area contributed by atoms with Gasteiger partial charge in [0.1, 0.15) is 6.61 Å². The van der Waals surface area contributed by atoms with Crippen LogP contribution in [-0.4, -0.2) is 33.5 Å². The van der Waals surface area contributed by atoms with Crippen LogP contribution in [0.4, 0.5) is 15.4 Å². The third kappa shape index (κ3) is 2.98. The molecule has 3 rings (SSSR count). The van der Waals surface area contributed by atoms with Gasteiger partial charge in [-0.2, -0.15) is 4.68 Å². The molecule has 0 spiro atoms. The van der Waals surface area contributed by atoms with Crippen molar-refractivity contribution in [1.29, 1.82) is 0 Å². The molecule has 138 valence electrons. The summed E-state index contributed by atoms with van der Waals surface area (Å²) in [4.78, 5) is 26.4. The molecule has 0 saturated carbocycles. The van der Waals surface area contributed by atoms with E-state index in [9.17, 15) is 9.59 Å². The lowest BCUT2D eigenvalue weighted by molar-refractivity contribution is 0.0587. The minimum absolute atomic E-state index is 0.169. The summed E-state index contributed by atoms with van der Waals surface area (Å²) < 4.78 is 11.6. The molecule has 2 N–H and O–H groups in total. The molecule has 1 aliphatic heterocycles. The number of fused-ring (bicyclic) bond motifs is 1. The Hall–Kier alpha value is -3.03. The van der Waals surface area contributed by atoms with Crippen LogP contribution in [0.1, 0.15) is 37.6 Å². The fourth-order valence-electron chi connectivity index (χ4n) is 3.14. The van der Waals surface area contributed by atoms with Gasteiger partial charge in [-0.05, 0) is 26.3 Å². The maximum absolute atomic E-state index is 12.6. The number of hydrogen-bond donors (Lipinski definition) is 1. The van der Waals surface area contributed by atoms with Gasteiger partial charge in [-0.15, -0.1) is 5.10 Å². The number of nitrogens with two attached hydrogens (primary N) is 1. The number of benzene rings is 1. The molecule has 0 atom stereocenters. The third-order valence-electron chi connectivity index (χ3n) is 4.45. The highest BCUT2D eigenvalue weighted by Crippen LogP contribution is 2.41. The summed E-state index contributed by atoms with van der Waals surface area (Å²) in [6.45, 7) is 5.96. The van der Waals surface area contributed by atoms with E-state index in [2.05, 4.69) is 5.10 Å². The SMILES string of the molecule is CCOC(=O)n1nc(N)c2c1C(C)(C)N(C(=O)OCc1ccccc1)C2. The predicted octanol–water partition coefficient (Wildman–Crippen LogP) is 2.86. The van der Waals surface area contributed by atoms with E-state index in [4.69, 9.17) is 15.2 Å². The smallest absolute Gasteiger partial charge is 0.435 e. The third-order valence-corrected chi connectivity index (χ3v) is 4.45. The highest BCUT2D eigenvalue weighted by molar-refractivity contribution is 5.76. The summed E-state index contributed by atoms with van der Waals surface area (Å²) in [5.74, 6) is 0.208. The molecule has 0 aliphatic carbocycles. The summed E-state index contributed by atoms with van der Waals surface area (Å²) in [6.07, 6.45) is -1.10. The second-order valence-electron chi connectivity index (χ2n) is 6.51. The molecule has 26 heavy (non-hydrogen) atoms. The molecule has 2 aromatic rings. The van der Waals surface area contributed by atoms with Crippen molar-refractivity contribution in [2.75, 3.05) is 12.3 Å². The van der Waals surface area contributed by atoms with Crippen molar-refractivity contribution in [3.63, 3.8) is 0 Å². The van der Waals surface area contributed by atoms with Crippen molar-refractivity contribution in [1.82, 2.24) is 14.7 Å². The number of carbonyl (C=O) groups is 2. The van der Waals surface area contributed by atoms with Crippen molar-refractivity contribution in [3.05, 3.63) is 47.2 Å². The zero-order chi connectivity index (χ0) is 18.9. The lowest BCUT2D eigenvalue weighted by Crippen LogP contribution is -2.42. The van der Waals surface area contributed by atoms with Gasteiger partial charge in [0.25, 0.3) is 0 Å². The molecule has 2 heterocycles. The Morgan fingerprint density at radius 3 is 2.54 bits per heavy atom. The summed E-state index contributed by atoms with van der Waals surface area (Å²) in [5, 5.41) is 4.07. The van der Waals surface area contributed by atoms with E-state index in [0.717, 1.165) is 10.2 Å². The van der Waals surface area contributed by atoms with Crippen LogP contribution in [0.15, 0.2) is 30.3 Å². The number of aromatic nitrogens is 2. The Balaban J connectivity index is 1.81. The van der Waals surface area contributed by atoms with E-state index < -0.39 is 17.7 Å². The van der Waals surface area contributed by atoms with E-state index in [1.807, 2.05) is 44.2 Å². The Morgan fingerprint density at radius 2 is 1.88 bits per heavy atom. The number of rotatable bonds is 3. The van der Waals surface area contributed by atoms with Gasteiger partial charge in [0.15, 0.2) is 5.82 Å². The number of anilines is 1. The van der Waals surface area contributed by atoms with Gasteiger partial charge in [0, 0.05) is 5.56 Å². The molecule has 8 heteroatoms. The Morgan fingerprint density at radius 1 is 1.19 bits per heavy atom. The van der Waals surface area contributed by atoms with Crippen LogP contribution in [-0.2, 0) is 28.2 Å². The monoisotopic (exact) mass is 358 g/mol. The van der Waals surface area contributed by atoms with Gasteiger partial charge in [-0.1, -0.05) is 30.3 Å². The van der Waals surface area contributed by atoms with Gasteiger partial charge in [0.2, 0.25) is 0 Å². The second kappa shape index (κ2) is 6.70. The summed E-state index contributed by atoms with van der Waals surface area (Å²) in [5.41, 5.74) is 7.22. The van der Waals surface area contributed by atoms with Gasteiger partial charge < -0.3 is 15.2 Å². The first kappa shape index (κ1) is 17.8. The quantitative estimate of drug-likeness (QED) is 0.905. The molecule has 1 aliphatic rings. The average Bonchev–Trinajstić information content (AvgIpc) is 3.09. The maximum atomic E-state index is 12.6. The fourth-order valence-corrected chi connectivity index (χ4v) is 3.14. The highest BCUT2D eigenvalue weighted by Gasteiger charge is 2.47. The molecule has 0 bridgehead atoms. The fraction of sp³-hybridized carbons (Fsp3) is 0.389. The Labute approximate surface area is 151 Å². The van der Waals surface area contributed by atoms with E-state index in [1.54, 1.807) is 6.92 Å². The van der Waals surface area contributed by atoms with Gasteiger partial charge in [-0.25, -0.2) is 9.59 Å². The zero-order valence-corrected chi connectivity index (χ0v) is 15.1. The van der Waals surface area contributed by atoms with E-state index in [0.29, 0.717) is 11.3 Å². The van der Waals surface area contributed by atoms with E-state index in [1.165, 1.54) is 4.90 Å². The topological polar surface area (TPSA) is 99.7 Å². The minimum atomic E-state index is -0.819. The predicted molar refractivity (Wildman–Crippen MR) is 94.3 cm³/mol. The molecule has 0 radical (unpaired) electrons. The van der Waals surface area contributed by atoms with Crippen LogP contribution < -0.4 is 5.73 Å². The largest absolute Gasteiger partial charge is 0.448 e. The van der Waals surface area contributed by atoms with Crippen LogP contribution in [0.2, 0.25) is 0 Å². The summed E-state index contributed by atoms with van der Waals surface area (Å²) in [7, 11) is 0. The molecule has 0 unspecified atom stereocenters. The van der Waals surface area contributed by atoms with Crippen LogP contribution in [0.5, 0.6) is 0 Å². The average molecular weight is 358 g/mol. The molecule has 1 aromatic heterocycles. The maximum Gasteiger partial charge on any atom is 0.435 e. The van der Waals surface area contributed by atoms with Crippen LogP contribution in [0.3, 0.4) is 0 Å². The molecule has 1 amide bonds. The number of nitrogens with zero attached hydrogens (tertiary/aromatic N) is 3. The van der Waals surface area contributed by atoms with E-state index in [-0.39, 0.29) is 25.6 Å². The first-order valence-electron chi connectivity index (χ1n) is 8.39. The first-order chi connectivity index (χ1) is 12.4. The van der Waals surface area contributed by atoms with Crippen LogP contribution in [0.25, 0.3) is 0 Å². The van der Waals surface area contributed by atoms with Crippen molar-refractivity contribution < 1.29 is 19.1 Å². The standard InChI is InChI=1S/C18H22N4O4/c1-4-25-17(24)22-14-13(15(19)20-22)10-21(18(14,2)3)16(23)26-11-12-8-6-5-7-9-12/h5-9H,4,10-11H2,1-3H3,(H2,19,20). The minimum Gasteiger partial charge on any atom is -0.448 e. The van der Waals surface area contributed by atoms with Crippen molar-refractivity contribution in [2.24, 2.45) is 0 Å².